The Morgan fingerprint density at radius 1 is 1.29 bits per heavy atom. The van der Waals surface area contributed by atoms with Gasteiger partial charge in [0, 0.05) is 57.4 Å². The van der Waals surface area contributed by atoms with Crippen LogP contribution in [0.5, 0.6) is 0 Å². The van der Waals surface area contributed by atoms with E-state index in [0.29, 0.717) is 18.9 Å². The highest BCUT2D eigenvalue weighted by molar-refractivity contribution is 5.76. The van der Waals surface area contributed by atoms with E-state index in [1.165, 1.54) is 24.1 Å². The van der Waals surface area contributed by atoms with Gasteiger partial charge in [0.1, 0.15) is 0 Å². The molecule has 1 atom stereocenters. The van der Waals surface area contributed by atoms with Gasteiger partial charge in [-0.05, 0) is 43.4 Å². The van der Waals surface area contributed by atoms with E-state index in [1.807, 2.05) is 0 Å². The topological polar surface area (TPSA) is 61.6 Å². The number of hydrogen-bond donors (Lipinski definition) is 2. The highest BCUT2D eigenvalue weighted by atomic mass is 16.1. The van der Waals surface area contributed by atoms with Crippen molar-refractivity contribution >= 4 is 11.6 Å². The van der Waals surface area contributed by atoms with Crippen LogP contribution >= 0.6 is 0 Å². The number of nitrogens with zero attached hydrogens (tertiary/aromatic N) is 2. The van der Waals surface area contributed by atoms with Crippen molar-refractivity contribution in [1.82, 2.24) is 10.2 Å². The van der Waals surface area contributed by atoms with Gasteiger partial charge in [0.15, 0.2) is 0 Å². The number of nitrogens with one attached hydrogen (secondary N) is 1. The van der Waals surface area contributed by atoms with Crippen LogP contribution in [0.2, 0.25) is 0 Å². The predicted octanol–water partition coefficient (Wildman–Crippen LogP) is 1.36. The largest absolute Gasteiger partial charge is 0.369 e. The molecule has 0 spiro atoms. The van der Waals surface area contributed by atoms with Crippen molar-refractivity contribution in [3.63, 3.8) is 0 Å². The zero-order valence-electron chi connectivity index (χ0n) is 14.7. The van der Waals surface area contributed by atoms with Crippen LogP contribution in [0.1, 0.15) is 24.8 Å². The van der Waals surface area contributed by atoms with Crippen LogP contribution < -0.4 is 16.0 Å². The molecule has 0 bridgehead atoms. The second-order valence-electron chi connectivity index (χ2n) is 7.16. The monoisotopic (exact) mass is 330 g/mol. The average Bonchev–Trinajstić information content (AvgIpc) is 3.43. The molecule has 5 nitrogen and oxygen atoms in total. The molecular weight excluding hydrogens is 300 g/mol. The summed E-state index contributed by atoms with van der Waals surface area (Å²) in [5, 5.41) is 3.11. The Bertz CT molecular complexity index is 550. The number of rotatable bonds is 7. The van der Waals surface area contributed by atoms with Gasteiger partial charge in [-0.3, -0.25) is 9.69 Å². The third-order valence-corrected chi connectivity index (χ3v) is 5.19. The molecule has 1 aromatic carbocycles. The van der Waals surface area contributed by atoms with Crippen molar-refractivity contribution in [3.05, 3.63) is 29.8 Å². The number of carbonyl (C=O) groups is 1. The summed E-state index contributed by atoms with van der Waals surface area (Å²) in [4.78, 5) is 16.9. The Labute approximate surface area is 145 Å². The van der Waals surface area contributed by atoms with Gasteiger partial charge in [0.2, 0.25) is 5.91 Å². The molecular formula is C19H30N4O. The molecule has 2 fully saturated rings. The molecule has 3 N–H and O–H groups in total. The minimum atomic E-state index is 0.151. The summed E-state index contributed by atoms with van der Waals surface area (Å²) in [7, 11) is 0. The molecule has 1 heterocycles. The predicted molar refractivity (Wildman–Crippen MR) is 98.2 cm³/mol. The fourth-order valence-electron chi connectivity index (χ4n) is 3.46. The van der Waals surface area contributed by atoms with Crippen LogP contribution in [-0.2, 0) is 4.79 Å². The third kappa shape index (κ3) is 4.71. The number of aryl methyl sites for hydroxylation is 1. The van der Waals surface area contributed by atoms with Gasteiger partial charge in [0.05, 0.1) is 0 Å². The summed E-state index contributed by atoms with van der Waals surface area (Å²) in [6.07, 6.45) is 3.00. The normalized spacial score (nSPS) is 20.0. The SMILES string of the molecule is Cc1cccc(N2CCN(CCC(=O)NC(CN)C3CC3)CC2)c1. The first-order valence-corrected chi connectivity index (χ1v) is 9.19. The molecule has 1 amide bonds. The molecule has 0 radical (unpaired) electrons. The molecule has 3 rings (SSSR count). The number of carbonyl (C=O) groups excluding carboxylic acids is 1. The molecule has 1 aromatic rings. The highest BCUT2D eigenvalue weighted by Crippen LogP contribution is 2.32. The lowest BCUT2D eigenvalue weighted by atomic mass is 10.1. The van der Waals surface area contributed by atoms with Crippen molar-refractivity contribution in [2.75, 3.05) is 44.2 Å². The lowest BCUT2D eigenvalue weighted by Gasteiger charge is -2.36. The van der Waals surface area contributed by atoms with Crippen LogP contribution in [0.3, 0.4) is 0 Å². The van der Waals surface area contributed by atoms with E-state index in [2.05, 4.69) is 46.3 Å². The van der Waals surface area contributed by atoms with E-state index >= 15 is 0 Å². The first-order chi connectivity index (χ1) is 11.7. The van der Waals surface area contributed by atoms with E-state index < -0.39 is 0 Å². The standard InChI is InChI=1S/C19H30N4O/c1-15-3-2-4-17(13-15)23-11-9-22(10-12-23)8-7-19(24)21-18(14-20)16-5-6-16/h2-4,13,16,18H,5-12,14,20H2,1H3,(H,21,24). The van der Waals surface area contributed by atoms with Crippen LogP contribution in [0.25, 0.3) is 0 Å². The van der Waals surface area contributed by atoms with Gasteiger partial charge in [0.25, 0.3) is 0 Å². The number of piperazine rings is 1. The van der Waals surface area contributed by atoms with Gasteiger partial charge < -0.3 is 16.0 Å². The van der Waals surface area contributed by atoms with Gasteiger partial charge in [-0.2, -0.15) is 0 Å². The molecule has 5 heteroatoms. The number of nitrogens with two attached hydrogens (primary N) is 1. The maximum Gasteiger partial charge on any atom is 0.221 e. The van der Waals surface area contributed by atoms with E-state index in [-0.39, 0.29) is 11.9 Å². The van der Waals surface area contributed by atoms with Crippen molar-refractivity contribution in [3.8, 4) is 0 Å². The fourth-order valence-corrected chi connectivity index (χ4v) is 3.46. The minimum absolute atomic E-state index is 0.151. The number of anilines is 1. The van der Waals surface area contributed by atoms with Gasteiger partial charge in [-0.15, -0.1) is 0 Å². The second kappa shape index (κ2) is 7.99. The maximum absolute atomic E-state index is 12.1. The summed E-state index contributed by atoms with van der Waals surface area (Å²) < 4.78 is 0. The Morgan fingerprint density at radius 3 is 2.67 bits per heavy atom. The first-order valence-electron chi connectivity index (χ1n) is 9.19. The van der Waals surface area contributed by atoms with Crippen molar-refractivity contribution in [2.45, 2.75) is 32.2 Å². The van der Waals surface area contributed by atoms with Crippen molar-refractivity contribution in [1.29, 1.82) is 0 Å². The smallest absolute Gasteiger partial charge is 0.221 e. The van der Waals surface area contributed by atoms with Crippen LogP contribution in [0.15, 0.2) is 24.3 Å². The number of hydrogen-bond acceptors (Lipinski definition) is 4. The second-order valence-corrected chi connectivity index (χ2v) is 7.16. The molecule has 24 heavy (non-hydrogen) atoms. The lowest BCUT2D eigenvalue weighted by Crippen LogP contribution is -2.48. The Balaban J connectivity index is 1.38. The summed E-state index contributed by atoms with van der Waals surface area (Å²) >= 11 is 0. The first kappa shape index (κ1) is 17.2. The van der Waals surface area contributed by atoms with E-state index in [0.717, 1.165) is 32.7 Å². The molecule has 0 aromatic heterocycles. The zero-order chi connectivity index (χ0) is 16.9. The maximum atomic E-state index is 12.1. The van der Waals surface area contributed by atoms with Crippen LogP contribution in [-0.4, -0.2) is 56.1 Å². The Morgan fingerprint density at radius 2 is 2.04 bits per heavy atom. The average molecular weight is 330 g/mol. The molecule has 1 unspecified atom stereocenters. The molecule has 1 aliphatic heterocycles. The number of benzene rings is 1. The highest BCUT2D eigenvalue weighted by Gasteiger charge is 2.31. The molecule has 1 aliphatic carbocycles. The van der Waals surface area contributed by atoms with Crippen molar-refractivity contribution in [2.24, 2.45) is 11.7 Å². The van der Waals surface area contributed by atoms with E-state index in [9.17, 15) is 4.79 Å². The van der Waals surface area contributed by atoms with E-state index in [4.69, 9.17) is 5.73 Å². The van der Waals surface area contributed by atoms with E-state index in [1.54, 1.807) is 0 Å². The fraction of sp³-hybridized carbons (Fsp3) is 0.632. The Kier molecular flexibility index (Phi) is 5.74. The zero-order valence-corrected chi connectivity index (χ0v) is 14.7. The van der Waals surface area contributed by atoms with Gasteiger partial charge in [-0.25, -0.2) is 0 Å². The lowest BCUT2D eigenvalue weighted by molar-refractivity contribution is -0.122. The summed E-state index contributed by atoms with van der Waals surface area (Å²) in [5.74, 6) is 0.773. The molecule has 132 valence electrons. The minimum Gasteiger partial charge on any atom is -0.369 e. The molecule has 1 saturated carbocycles. The van der Waals surface area contributed by atoms with Gasteiger partial charge in [-0.1, -0.05) is 12.1 Å². The molecule has 1 saturated heterocycles. The molecule has 2 aliphatic rings. The number of amides is 1. The van der Waals surface area contributed by atoms with Crippen molar-refractivity contribution < 1.29 is 4.79 Å². The Hall–Kier alpha value is -1.59. The quantitative estimate of drug-likeness (QED) is 0.792. The summed E-state index contributed by atoms with van der Waals surface area (Å²) in [6.45, 7) is 7.63. The van der Waals surface area contributed by atoms with Crippen LogP contribution in [0, 0.1) is 12.8 Å². The summed E-state index contributed by atoms with van der Waals surface area (Å²) in [5.41, 5.74) is 8.36. The van der Waals surface area contributed by atoms with Gasteiger partial charge >= 0.3 is 0 Å². The third-order valence-electron chi connectivity index (χ3n) is 5.19. The summed E-state index contributed by atoms with van der Waals surface area (Å²) in [6, 6.07) is 8.87. The van der Waals surface area contributed by atoms with Crippen LogP contribution in [0.4, 0.5) is 5.69 Å².